The van der Waals surface area contributed by atoms with Crippen molar-refractivity contribution in [3.05, 3.63) is 48.0 Å². The van der Waals surface area contributed by atoms with Crippen LogP contribution in [0.4, 0.5) is 0 Å². The zero-order chi connectivity index (χ0) is 17.9. The molecule has 1 aliphatic rings. The van der Waals surface area contributed by atoms with Crippen molar-refractivity contribution in [3.8, 4) is 0 Å². The van der Waals surface area contributed by atoms with E-state index >= 15 is 0 Å². The molecule has 1 amide bonds. The van der Waals surface area contributed by atoms with Crippen molar-refractivity contribution in [3.63, 3.8) is 0 Å². The molecule has 1 aromatic heterocycles. The maximum Gasteiger partial charge on any atom is 0.332 e. The van der Waals surface area contributed by atoms with Gasteiger partial charge in [0.05, 0.1) is 13.2 Å². The summed E-state index contributed by atoms with van der Waals surface area (Å²) in [7, 11) is 1.45. The number of aliphatic carboxylic acids is 1. The van der Waals surface area contributed by atoms with E-state index < -0.39 is 11.5 Å². The molecule has 8 nitrogen and oxygen atoms in total. The molecule has 1 aromatic carbocycles. The van der Waals surface area contributed by atoms with Gasteiger partial charge in [0.2, 0.25) is 0 Å². The Bertz CT molecular complexity index is 762. The monoisotopic (exact) mass is 344 g/mol. The SMILES string of the molecule is COCC1(C(=O)O)CCCN1C(=O)c1ccccc1Cn1cncn1. The molecule has 0 bridgehead atoms. The Hall–Kier alpha value is -2.74. The van der Waals surface area contributed by atoms with E-state index in [0.29, 0.717) is 31.5 Å². The van der Waals surface area contributed by atoms with Gasteiger partial charge in [-0.2, -0.15) is 5.10 Å². The Morgan fingerprint density at radius 1 is 1.36 bits per heavy atom. The van der Waals surface area contributed by atoms with Gasteiger partial charge < -0.3 is 14.7 Å². The Balaban J connectivity index is 1.94. The second-order valence-electron chi connectivity index (χ2n) is 6.08. The fourth-order valence-corrected chi connectivity index (χ4v) is 3.35. The van der Waals surface area contributed by atoms with Crippen LogP contribution in [0.25, 0.3) is 0 Å². The lowest BCUT2D eigenvalue weighted by atomic mass is 9.96. The fraction of sp³-hybridized carbons (Fsp3) is 0.412. The standard InChI is InChI=1S/C17H20N4O4/c1-25-10-17(16(23)24)7-4-8-21(17)15(22)14-6-3-2-5-13(14)9-20-12-18-11-19-20/h2-3,5-6,11-12H,4,7-10H2,1H3,(H,23,24). The number of carbonyl (C=O) groups is 2. The van der Waals surface area contributed by atoms with Gasteiger partial charge in [0.15, 0.2) is 5.54 Å². The number of ether oxygens (including phenoxy) is 1. The van der Waals surface area contributed by atoms with Crippen LogP contribution in [0, 0.1) is 0 Å². The van der Waals surface area contributed by atoms with Crippen molar-refractivity contribution in [1.82, 2.24) is 19.7 Å². The number of amides is 1. The second-order valence-corrected chi connectivity index (χ2v) is 6.08. The lowest BCUT2D eigenvalue weighted by Crippen LogP contribution is -2.56. The third-order valence-electron chi connectivity index (χ3n) is 4.56. The number of hydrogen-bond donors (Lipinski definition) is 1. The summed E-state index contributed by atoms with van der Waals surface area (Å²) < 4.78 is 6.75. The molecule has 1 saturated heterocycles. The van der Waals surface area contributed by atoms with Crippen LogP contribution >= 0.6 is 0 Å². The first-order valence-electron chi connectivity index (χ1n) is 8.03. The van der Waals surface area contributed by atoms with Gasteiger partial charge in [-0.1, -0.05) is 18.2 Å². The number of nitrogens with zero attached hydrogens (tertiary/aromatic N) is 4. The number of carboxylic acids is 1. The highest BCUT2D eigenvalue weighted by Crippen LogP contribution is 2.32. The van der Waals surface area contributed by atoms with Gasteiger partial charge in [-0.05, 0) is 24.5 Å². The molecular formula is C17H20N4O4. The minimum atomic E-state index is -1.31. The zero-order valence-corrected chi connectivity index (χ0v) is 14.0. The highest BCUT2D eigenvalue weighted by atomic mass is 16.5. The molecule has 1 unspecified atom stereocenters. The summed E-state index contributed by atoms with van der Waals surface area (Å²) in [6.07, 6.45) is 4.02. The number of carbonyl (C=O) groups excluding carboxylic acids is 1. The van der Waals surface area contributed by atoms with E-state index in [9.17, 15) is 14.7 Å². The Morgan fingerprint density at radius 2 is 2.16 bits per heavy atom. The number of aromatic nitrogens is 3. The minimum absolute atomic E-state index is 0.0285. The van der Waals surface area contributed by atoms with E-state index in [1.165, 1.54) is 18.3 Å². The van der Waals surface area contributed by atoms with Crippen LogP contribution in [0.2, 0.25) is 0 Å². The summed E-state index contributed by atoms with van der Waals surface area (Å²) in [4.78, 5) is 30.4. The summed E-state index contributed by atoms with van der Waals surface area (Å²) in [6.45, 7) is 0.756. The maximum absolute atomic E-state index is 13.2. The molecule has 25 heavy (non-hydrogen) atoms. The van der Waals surface area contributed by atoms with E-state index in [1.807, 2.05) is 12.1 Å². The van der Waals surface area contributed by atoms with Crippen LogP contribution in [-0.2, 0) is 16.1 Å². The van der Waals surface area contributed by atoms with Crippen LogP contribution < -0.4 is 0 Å². The van der Waals surface area contributed by atoms with Gasteiger partial charge in [0.1, 0.15) is 12.7 Å². The van der Waals surface area contributed by atoms with Crippen LogP contribution in [-0.4, -0.2) is 62.4 Å². The molecule has 1 N–H and O–H groups in total. The Kier molecular flexibility index (Phi) is 4.80. The van der Waals surface area contributed by atoms with E-state index in [0.717, 1.165) is 5.56 Å². The van der Waals surface area contributed by atoms with Gasteiger partial charge in [0, 0.05) is 19.2 Å². The highest BCUT2D eigenvalue weighted by Gasteiger charge is 2.50. The first-order valence-corrected chi connectivity index (χ1v) is 8.03. The third kappa shape index (κ3) is 3.12. The predicted octanol–water partition coefficient (Wildman–Crippen LogP) is 1.03. The quantitative estimate of drug-likeness (QED) is 0.841. The summed E-state index contributed by atoms with van der Waals surface area (Å²) in [5.41, 5.74) is -0.0742. The molecular weight excluding hydrogens is 324 g/mol. The van der Waals surface area contributed by atoms with Gasteiger partial charge >= 0.3 is 5.97 Å². The Morgan fingerprint density at radius 3 is 2.84 bits per heavy atom. The Labute approximate surface area is 145 Å². The summed E-state index contributed by atoms with van der Waals surface area (Å²) in [5, 5.41) is 13.8. The number of carboxylic acid groups (broad SMARTS) is 1. The molecule has 8 heteroatoms. The van der Waals surface area contributed by atoms with Crippen molar-refractivity contribution < 1.29 is 19.4 Å². The summed E-state index contributed by atoms with van der Waals surface area (Å²) in [5.74, 6) is -1.33. The lowest BCUT2D eigenvalue weighted by Gasteiger charge is -2.34. The van der Waals surface area contributed by atoms with Gasteiger partial charge in [0.25, 0.3) is 5.91 Å². The molecule has 1 atom stereocenters. The van der Waals surface area contributed by atoms with Gasteiger partial charge in [-0.3, -0.25) is 4.79 Å². The number of rotatable bonds is 6. The molecule has 1 aliphatic heterocycles. The molecule has 1 fully saturated rings. The molecule has 2 heterocycles. The topological polar surface area (TPSA) is 97.6 Å². The predicted molar refractivity (Wildman–Crippen MR) is 88.1 cm³/mol. The zero-order valence-electron chi connectivity index (χ0n) is 14.0. The average Bonchev–Trinajstić information content (AvgIpc) is 3.25. The smallest absolute Gasteiger partial charge is 0.332 e. The molecule has 0 aliphatic carbocycles. The van der Waals surface area contributed by atoms with E-state index in [4.69, 9.17) is 4.74 Å². The normalized spacial score (nSPS) is 20.0. The number of hydrogen-bond acceptors (Lipinski definition) is 5. The van der Waals surface area contributed by atoms with Crippen molar-refractivity contribution in [2.24, 2.45) is 0 Å². The molecule has 2 aromatic rings. The lowest BCUT2D eigenvalue weighted by molar-refractivity contribution is -0.151. The third-order valence-corrected chi connectivity index (χ3v) is 4.56. The number of methoxy groups -OCH3 is 1. The molecule has 0 saturated carbocycles. The van der Waals surface area contributed by atoms with Crippen molar-refractivity contribution >= 4 is 11.9 Å². The first-order chi connectivity index (χ1) is 12.1. The van der Waals surface area contributed by atoms with Crippen molar-refractivity contribution in [2.75, 3.05) is 20.3 Å². The van der Waals surface area contributed by atoms with Crippen LogP contribution in [0.5, 0.6) is 0 Å². The molecule has 3 rings (SSSR count). The average molecular weight is 344 g/mol. The van der Waals surface area contributed by atoms with E-state index in [2.05, 4.69) is 10.1 Å². The molecule has 0 spiro atoms. The van der Waals surface area contributed by atoms with Crippen LogP contribution in [0.1, 0.15) is 28.8 Å². The summed E-state index contributed by atoms with van der Waals surface area (Å²) >= 11 is 0. The van der Waals surface area contributed by atoms with E-state index in [1.54, 1.807) is 23.1 Å². The maximum atomic E-state index is 13.2. The first kappa shape index (κ1) is 17.1. The fourth-order valence-electron chi connectivity index (χ4n) is 3.35. The van der Waals surface area contributed by atoms with Crippen LogP contribution in [0.15, 0.2) is 36.9 Å². The number of likely N-dealkylation sites (tertiary alicyclic amines) is 1. The van der Waals surface area contributed by atoms with Crippen molar-refractivity contribution in [2.45, 2.75) is 24.9 Å². The summed E-state index contributed by atoms with van der Waals surface area (Å²) in [6, 6.07) is 7.16. The van der Waals surface area contributed by atoms with Gasteiger partial charge in [-0.25, -0.2) is 14.5 Å². The minimum Gasteiger partial charge on any atom is -0.479 e. The molecule has 132 valence electrons. The molecule has 0 radical (unpaired) electrons. The largest absolute Gasteiger partial charge is 0.479 e. The van der Waals surface area contributed by atoms with E-state index in [-0.39, 0.29) is 12.5 Å². The highest BCUT2D eigenvalue weighted by molar-refractivity contribution is 5.99. The van der Waals surface area contributed by atoms with Gasteiger partial charge in [-0.15, -0.1) is 0 Å². The second kappa shape index (κ2) is 7.02. The van der Waals surface area contributed by atoms with Crippen LogP contribution in [0.3, 0.4) is 0 Å². The number of benzene rings is 1. The van der Waals surface area contributed by atoms with Crippen molar-refractivity contribution in [1.29, 1.82) is 0 Å².